The van der Waals surface area contributed by atoms with Gasteiger partial charge < -0.3 is 15.2 Å². The lowest BCUT2D eigenvalue weighted by Gasteiger charge is -2.04. The number of pyridine rings is 1. The Balaban J connectivity index is 2.34. The number of hydrogen-bond donors (Lipinski definition) is 2. The van der Waals surface area contributed by atoms with Gasteiger partial charge in [-0.15, -0.1) is 0 Å². The first-order valence-electron chi connectivity index (χ1n) is 5.09. The van der Waals surface area contributed by atoms with Crippen LogP contribution in [0.15, 0.2) is 18.3 Å². The number of methoxy groups -OCH3 is 1. The molecule has 0 aliphatic heterocycles. The molecule has 0 saturated heterocycles. The number of carbonyl (C=O) groups excluding carboxylic acids is 1. The fraction of sp³-hybridized carbons (Fsp3) is 0.364. The molecule has 0 aromatic carbocycles. The summed E-state index contributed by atoms with van der Waals surface area (Å²) >= 11 is 0. The molecule has 1 heterocycles. The standard InChI is InChI=1S/C11H14N2O4/c1-17-10-4-2-8(7-13-10)6-12-9(14)3-5-11(15)16/h2,4,7H,3,5-6H2,1H3,(H,12,14)(H,15,16). The van der Waals surface area contributed by atoms with E-state index in [4.69, 9.17) is 9.84 Å². The number of aromatic nitrogens is 1. The number of nitrogens with zero attached hydrogens (tertiary/aromatic N) is 1. The van der Waals surface area contributed by atoms with Gasteiger partial charge in [-0.2, -0.15) is 0 Å². The van der Waals surface area contributed by atoms with Gasteiger partial charge in [0, 0.05) is 25.2 Å². The van der Waals surface area contributed by atoms with Crippen molar-refractivity contribution in [3.63, 3.8) is 0 Å². The number of carboxylic acid groups (broad SMARTS) is 1. The third-order valence-corrected chi connectivity index (χ3v) is 2.06. The van der Waals surface area contributed by atoms with Gasteiger partial charge in [0.25, 0.3) is 0 Å². The van der Waals surface area contributed by atoms with Crippen molar-refractivity contribution >= 4 is 11.9 Å². The van der Waals surface area contributed by atoms with Crippen molar-refractivity contribution in [3.05, 3.63) is 23.9 Å². The van der Waals surface area contributed by atoms with Crippen LogP contribution >= 0.6 is 0 Å². The minimum atomic E-state index is -0.980. The van der Waals surface area contributed by atoms with Gasteiger partial charge in [0.1, 0.15) is 0 Å². The highest BCUT2D eigenvalue weighted by Gasteiger charge is 2.05. The van der Waals surface area contributed by atoms with Gasteiger partial charge in [0.15, 0.2) is 0 Å². The van der Waals surface area contributed by atoms with E-state index in [1.165, 1.54) is 7.11 Å². The molecule has 0 fully saturated rings. The summed E-state index contributed by atoms with van der Waals surface area (Å²) in [5.41, 5.74) is 0.828. The number of rotatable bonds is 6. The van der Waals surface area contributed by atoms with Crippen molar-refractivity contribution < 1.29 is 19.4 Å². The minimum Gasteiger partial charge on any atom is -0.481 e. The van der Waals surface area contributed by atoms with Crippen molar-refractivity contribution in [1.82, 2.24) is 10.3 Å². The lowest BCUT2D eigenvalue weighted by Crippen LogP contribution is -2.23. The van der Waals surface area contributed by atoms with Crippen molar-refractivity contribution in [3.8, 4) is 5.88 Å². The predicted molar refractivity (Wildman–Crippen MR) is 59.5 cm³/mol. The predicted octanol–water partition coefficient (Wildman–Crippen LogP) is 0.571. The normalized spacial score (nSPS) is 9.71. The van der Waals surface area contributed by atoms with Gasteiger partial charge in [0.2, 0.25) is 11.8 Å². The molecule has 0 saturated carbocycles. The summed E-state index contributed by atoms with van der Waals surface area (Å²) < 4.78 is 4.90. The molecule has 0 bridgehead atoms. The quantitative estimate of drug-likeness (QED) is 0.756. The van der Waals surface area contributed by atoms with Crippen molar-refractivity contribution in [1.29, 1.82) is 0 Å². The van der Waals surface area contributed by atoms with Crippen LogP contribution in [0, 0.1) is 0 Å². The lowest BCUT2D eigenvalue weighted by atomic mass is 10.2. The second-order valence-corrected chi connectivity index (χ2v) is 3.38. The SMILES string of the molecule is COc1ccc(CNC(=O)CCC(=O)O)cn1. The first-order chi connectivity index (χ1) is 8.11. The molecule has 6 nitrogen and oxygen atoms in total. The van der Waals surface area contributed by atoms with Gasteiger partial charge in [0.05, 0.1) is 13.5 Å². The van der Waals surface area contributed by atoms with Crippen LogP contribution < -0.4 is 10.1 Å². The maximum atomic E-state index is 11.2. The summed E-state index contributed by atoms with van der Waals surface area (Å²) in [5, 5.41) is 11.0. The Kier molecular flexibility index (Phi) is 4.93. The van der Waals surface area contributed by atoms with E-state index in [0.29, 0.717) is 12.4 Å². The molecular formula is C11H14N2O4. The Bertz CT molecular complexity index is 389. The Hall–Kier alpha value is -2.11. The summed E-state index contributed by atoms with van der Waals surface area (Å²) in [6.45, 7) is 0.329. The zero-order chi connectivity index (χ0) is 12.7. The molecule has 6 heteroatoms. The zero-order valence-corrected chi connectivity index (χ0v) is 9.47. The first kappa shape index (κ1) is 13.0. The van der Waals surface area contributed by atoms with Gasteiger partial charge in [-0.05, 0) is 5.56 Å². The average Bonchev–Trinajstić information content (AvgIpc) is 2.34. The molecule has 0 aliphatic carbocycles. The molecule has 0 atom stereocenters. The van der Waals surface area contributed by atoms with Crippen LogP contribution in [0.1, 0.15) is 18.4 Å². The molecule has 0 aliphatic rings. The van der Waals surface area contributed by atoms with Crippen LogP contribution in [-0.4, -0.2) is 29.1 Å². The third kappa shape index (κ3) is 4.96. The van der Waals surface area contributed by atoms with Crippen LogP contribution in [0.5, 0.6) is 5.88 Å². The molecule has 1 rings (SSSR count). The van der Waals surface area contributed by atoms with E-state index < -0.39 is 5.97 Å². The summed E-state index contributed by atoms with van der Waals surface area (Å²) in [5.74, 6) is -0.763. The molecule has 92 valence electrons. The Morgan fingerprint density at radius 3 is 2.71 bits per heavy atom. The number of aliphatic carboxylic acids is 1. The molecule has 17 heavy (non-hydrogen) atoms. The fourth-order valence-electron chi connectivity index (χ4n) is 1.15. The van der Waals surface area contributed by atoms with Crippen LogP contribution in [0.2, 0.25) is 0 Å². The Labute approximate surface area is 98.6 Å². The number of nitrogens with one attached hydrogen (secondary N) is 1. The average molecular weight is 238 g/mol. The fourth-order valence-corrected chi connectivity index (χ4v) is 1.15. The first-order valence-corrected chi connectivity index (χ1v) is 5.09. The number of ether oxygens (including phenoxy) is 1. The van der Waals surface area contributed by atoms with E-state index in [2.05, 4.69) is 10.3 Å². The van der Waals surface area contributed by atoms with Gasteiger partial charge in [-0.3, -0.25) is 9.59 Å². The second-order valence-electron chi connectivity index (χ2n) is 3.38. The summed E-state index contributed by atoms with van der Waals surface area (Å²) in [7, 11) is 1.52. The Morgan fingerprint density at radius 1 is 1.41 bits per heavy atom. The van der Waals surface area contributed by atoms with Gasteiger partial charge in [-0.25, -0.2) is 4.98 Å². The highest BCUT2D eigenvalue weighted by molar-refractivity contribution is 5.80. The summed E-state index contributed by atoms with van der Waals surface area (Å²) in [6.07, 6.45) is 1.42. The second kappa shape index (κ2) is 6.47. The van der Waals surface area contributed by atoms with Crippen molar-refractivity contribution in [2.24, 2.45) is 0 Å². The van der Waals surface area contributed by atoms with E-state index in [1.54, 1.807) is 18.3 Å². The molecule has 1 aromatic heterocycles. The molecule has 1 amide bonds. The van der Waals surface area contributed by atoms with E-state index in [0.717, 1.165) is 5.56 Å². The van der Waals surface area contributed by atoms with Crippen molar-refractivity contribution in [2.75, 3.05) is 7.11 Å². The number of carboxylic acids is 1. The molecule has 0 radical (unpaired) electrons. The summed E-state index contributed by atoms with van der Waals surface area (Å²) in [6, 6.07) is 3.47. The van der Waals surface area contributed by atoms with Crippen LogP contribution in [-0.2, 0) is 16.1 Å². The maximum Gasteiger partial charge on any atom is 0.303 e. The number of carbonyl (C=O) groups is 2. The monoisotopic (exact) mass is 238 g/mol. The molecular weight excluding hydrogens is 224 g/mol. The largest absolute Gasteiger partial charge is 0.481 e. The molecule has 0 unspecified atom stereocenters. The topological polar surface area (TPSA) is 88.5 Å². The van der Waals surface area contributed by atoms with E-state index >= 15 is 0 Å². The maximum absolute atomic E-state index is 11.2. The zero-order valence-electron chi connectivity index (χ0n) is 9.47. The van der Waals surface area contributed by atoms with Crippen LogP contribution in [0.25, 0.3) is 0 Å². The van der Waals surface area contributed by atoms with E-state index in [9.17, 15) is 9.59 Å². The van der Waals surface area contributed by atoms with Crippen LogP contribution in [0.3, 0.4) is 0 Å². The molecule has 1 aromatic rings. The van der Waals surface area contributed by atoms with Crippen LogP contribution in [0.4, 0.5) is 0 Å². The Morgan fingerprint density at radius 2 is 2.18 bits per heavy atom. The summed E-state index contributed by atoms with van der Waals surface area (Å²) in [4.78, 5) is 25.5. The van der Waals surface area contributed by atoms with E-state index in [1.807, 2.05) is 0 Å². The highest BCUT2D eigenvalue weighted by Crippen LogP contribution is 2.06. The van der Waals surface area contributed by atoms with E-state index in [-0.39, 0.29) is 18.7 Å². The third-order valence-electron chi connectivity index (χ3n) is 2.06. The van der Waals surface area contributed by atoms with Gasteiger partial charge >= 0.3 is 5.97 Å². The van der Waals surface area contributed by atoms with Crippen molar-refractivity contribution in [2.45, 2.75) is 19.4 Å². The molecule has 0 spiro atoms. The molecule has 2 N–H and O–H groups in total. The lowest BCUT2D eigenvalue weighted by molar-refractivity contribution is -0.138. The number of amides is 1. The number of hydrogen-bond acceptors (Lipinski definition) is 4. The van der Waals surface area contributed by atoms with Gasteiger partial charge in [-0.1, -0.05) is 6.07 Å². The minimum absolute atomic E-state index is 0.0150. The highest BCUT2D eigenvalue weighted by atomic mass is 16.5. The smallest absolute Gasteiger partial charge is 0.303 e.